The van der Waals surface area contributed by atoms with Gasteiger partial charge in [0, 0.05) is 23.6 Å². The van der Waals surface area contributed by atoms with Crippen LogP contribution in [-0.4, -0.2) is 26.4 Å². The summed E-state index contributed by atoms with van der Waals surface area (Å²) in [5.41, 5.74) is 5.03. The largest absolute Gasteiger partial charge is 0.298 e. The van der Waals surface area contributed by atoms with Gasteiger partial charge in [0.15, 0.2) is 5.13 Å². The fraction of sp³-hybridized carbons (Fsp3) is 0.120. The molecule has 1 aromatic heterocycles. The highest BCUT2D eigenvalue weighted by Crippen LogP contribution is 2.28. The summed E-state index contributed by atoms with van der Waals surface area (Å²) >= 11 is 1.34. The number of hydrogen-bond acceptors (Lipinski definition) is 5. The van der Waals surface area contributed by atoms with Crippen LogP contribution in [0.1, 0.15) is 21.5 Å². The van der Waals surface area contributed by atoms with Crippen LogP contribution in [0, 0.1) is 13.8 Å². The summed E-state index contributed by atoms with van der Waals surface area (Å²) in [4.78, 5) is 17.3. The van der Waals surface area contributed by atoms with Crippen LogP contribution in [0.2, 0.25) is 0 Å². The molecular formula is C25H23N3O3S2. The van der Waals surface area contributed by atoms with Crippen LogP contribution < -0.4 is 9.62 Å². The second kappa shape index (κ2) is 9.17. The Hall–Kier alpha value is -3.49. The summed E-state index contributed by atoms with van der Waals surface area (Å²) in [6, 6.07) is 20.8. The lowest BCUT2D eigenvalue weighted by molar-refractivity contribution is 0.102. The smallest absolute Gasteiger partial charge is 0.264 e. The molecule has 0 aliphatic carbocycles. The number of anilines is 2. The molecule has 4 aromatic rings. The molecule has 0 spiro atoms. The number of amides is 1. The van der Waals surface area contributed by atoms with Crippen molar-refractivity contribution in [2.45, 2.75) is 18.7 Å². The van der Waals surface area contributed by atoms with Gasteiger partial charge >= 0.3 is 0 Å². The second-order valence-electron chi connectivity index (χ2n) is 7.64. The van der Waals surface area contributed by atoms with Gasteiger partial charge in [-0.05, 0) is 55.8 Å². The van der Waals surface area contributed by atoms with Crippen LogP contribution in [-0.2, 0) is 10.0 Å². The lowest BCUT2D eigenvalue weighted by atomic mass is 10.0. The van der Waals surface area contributed by atoms with Gasteiger partial charge in [0.1, 0.15) is 0 Å². The monoisotopic (exact) mass is 477 g/mol. The first-order valence-electron chi connectivity index (χ1n) is 10.2. The molecule has 0 aliphatic rings. The van der Waals surface area contributed by atoms with Crippen molar-refractivity contribution in [1.82, 2.24) is 4.98 Å². The van der Waals surface area contributed by atoms with Gasteiger partial charge in [0.05, 0.1) is 16.3 Å². The summed E-state index contributed by atoms with van der Waals surface area (Å²) in [5.74, 6) is -0.350. The SMILES string of the molecule is Cc1ccc(-c2csc(NC(=O)c3ccc(S(=O)(=O)N(C)c4ccccc4)cc3)n2)c(C)c1. The molecule has 1 amide bonds. The molecule has 33 heavy (non-hydrogen) atoms. The van der Waals surface area contributed by atoms with Crippen molar-refractivity contribution in [2.75, 3.05) is 16.7 Å². The number of para-hydroxylation sites is 1. The van der Waals surface area contributed by atoms with Crippen LogP contribution in [0.5, 0.6) is 0 Å². The Labute approximate surface area is 197 Å². The summed E-state index contributed by atoms with van der Waals surface area (Å²) in [5, 5.41) is 5.18. The summed E-state index contributed by atoms with van der Waals surface area (Å²) in [6.45, 7) is 4.07. The van der Waals surface area contributed by atoms with E-state index in [1.54, 1.807) is 24.3 Å². The summed E-state index contributed by atoms with van der Waals surface area (Å²) < 4.78 is 27.0. The maximum absolute atomic E-state index is 12.9. The minimum Gasteiger partial charge on any atom is -0.298 e. The van der Waals surface area contributed by atoms with Gasteiger partial charge in [-0.1, -0.05) is 42.0 Å². The number of carbonyl (C=O) groups excluding carboxylic acids is 1. The number of benzene rings is 3. The molecule has 0 unspecified atom stereocenters. The molecule has 8 heteroatoms. The van der Waals surface area contributed by atoms with Crippen molar-refractivity contribution in [3.63, 3.8) is 0 Å². The van der Waals surface area contributed by atoms with Gasteiger partial charge in [0.2, 0.25) is 0 Å². The van der Waals surface area contributed by atoms with Crippen molar-refractivity contribution in [3.8, 4) is 11.3 Å². The van der Waals surface area contributed by atoms with E-state index >= 15 is 0 Å². The lowest BCUT2D eigenvalue weighted by Crippen LogP contribution is -2.26. The summed E-state index contributed by atoms with van der Waals surface area (Å²) in [6.07, 6.45) is 0. The molecule has 0 saturated carbocycles. The van der Waals surface area contributed by atoms with Crippen LogP contribution in [0.3, 0.4) is 0 Å². The first kappa shape index (κ1) is 22.7. The van der Waals surface area contributed by atoms with E-state index in [-0.39, 0.29) is 10.8 Å². The highest BCUT2D eigenvalue weighted by Gasteiger charge is 2.21. The maximum Gasteiger partial charge on any atom is 0.264 e. The average Bonchev–Trinajstić information content (AvgIpc) is 3.27. The van der Waals surface area contributed by atoms with Crippen LogP contribution in [0.4, 0.5) is 10.8 Å². The number of rotatable bonds is 6. The van der Waals surface area contributed by atoms with Crippen molar-refractivity contribution >= 4 is 38.1 Å². The topological polar surface area (TPSA) is 79.4 Å². The molecule has 1 heterocycles. The number of nitrogens with zero attached hydrogens (tertiary/aromatic N) is 2. The fourth-order valence-corrected chi connectivity index (χ4v) is 5.34. The van der Waals surface area contributed by atoms with Crippen LogP contribution in [0.25, 0.3) is 11.3 Å². The highest BCUT2D eigenvalue weighted by molar-refractivity contribution is 7.92. The number of aromatic nitrogens is 1. The quantitative estimate of drug-likeness (QED) is 0.397. The maximum atomic E-state index is 12.9. The van der Waals surface area contributed by atoms with Gasteiger partial charge in [-0.25, -0.2) is 13.4 Å². The Morgan fingerprint density at radius 3 is 2.33 bits per heavy atom. The zero-order valence-electron chi connectivity index (χ0n) is 18.4. The third kappa shape index (κ3) is 4.81. The lowest BCUT2D eigenvalue weighted by Gasteiger charge is -2.19. The number of carbonyl (C=O) groups is 1. The number of aryl methyl sites for hydroxylation is 2. The molecule has 1 N–H and O–H groups in total. The Balaban J connectivity index is 1.48. The average molecular weight is 478 g/mol. The third-order valence-electron chi connectivity index (χ3n) is 5.28. The second-order valence-corrected chi connectivity index (χ2v) is 10.5. The van der Waals surface area contributed by atoms with Gasteiger partial charge in [-0.3, -0.25) is 14.4 Å². The van der Waals surface area contributed by atoms with Gasteiger partial charge in [-0.15, -0.1) is 11.3 Å². The van der Waals surface area contributed by atoms with Crippen molar-refractivity contribution < 1.29 is 13.2 Å². The number of nitrogens with one attached hydrogen (secondary N) is 1. The molecule has 0 fully saturated rings. The number of thiazole rings is 1. The Bertz CT molecular complexity index is 1400. The third-order valence-corrected chi connectivity index (χ3v) is 7.83. The predicted octanol–water partition coefficient (Wildman–Crippen LogP) is 5.50. The van der Waals surface area contributed by atoms with Gasteiger partial charge < -0.3 is 0 Å². The van der Waals surface area contributed by atoms with Gasteiger partial charge in [-0.2, -0.15) is 0 Å². The van der Waals surface area contributed by atoms with E-state index in [2.05, 4.69) is 16.4 Å². The van der Waals surface area contributed by atoms with Crippen molar-refractivity contribution in [2.24, 2.45) is 0 Å². The molecule has 0 aliphatic heterocycles. The van der Waals surface area contributed by atoms with E-state index in [1.807, 2.05) is 37.4 Å². The van der Waals surface area contributed by atoms with Gasteiger partial charge in [0.25, 0.3) is 15.9 Å². The Morgan fingerprint density at radius 2 is 1.67 bits per heavy atom. The fourth-order valence-electron chi connectivity index (χ4n) is 3.44. The zero-order chi connectivity index (χ0) is 23.6. The molecular weight excluding hydrogens is 454 g/mol. The summed E-state index contributed by atoms with van der Waals surface area (Å²) in [7, 11) is -2.24. The van der Waals surface area contributed by atoms with Crippen LogP contribution >= 0.6 is 11.3 Å². The first-order chi connectivity index (χ1) is 15.8. The van der Waals surface area contributed by atoms with Crippen LogP contribution in [0.15, 0.2) is 83.1 Å². The molecule has 168 valence electrons. The minimum absolute atomic E-state index is 0.108. The highest BCUT2D eigenvalue weighted by atomic mass is 32.2. The Kier molecular flexibility index (Phi) is 6.31. The van der Waals surface area contributed by atoms with Crippen molar-refractivity contribution in [1.29, 1.82) is 0 Å². The van der Waals surface area contributed by atoms with E-state index in [0.29, 0.717) is 16.4 Å². The molecule has 0 saturated heterocycles. The zero-order valence-corrected chi connectivity index (χ0v) is 20.1. The molecule has 6 nitrogen and oxygen atoms in total. The van der Waals surface area contributed by atoms with E-state index in [4.69, 9.17) is 0 Å². The normalized spacial score (nSPS) is 11.2. The van der Waals surface area contributed by atoms with E-state index in [9.17, 15) is 13.2 Å². The molecule has 4 rings (SSSR count). The number of hydrogen-bond donors (Lipinski definition) is 1. The first-order valence-corrected chi connectivity index (χ1v) is 12.6. The molecule has 3 aromatic carbocycles. The molecule has 0 atom stereocenters. The Morgan fingerprint density at radius 1 is 0.970 bits per heavy atom. The van der Waals surface area contributed by atoms with E-state index in [0.717, 1.165) is 16.8 Å². The van der Waals surface area contributed by atoms with Crippen molar-refractivity contribution in [3.05, 3.63) is 94.9 Å². The molecule has 0 radical (unpaired) electrons. The minimum atomic E-state index is -3.74. The predicted molar refractivity (Wildman–Crippen MR) is 133 cm³/mol. The van der Waals surface area contributed by atoms with E-state index in [1.165, 1.54) is 52.5 Å². The molecule has 0 bridgehead atoms. The standard InChI is InChI=1S/C25H23N3O3S2/c1-17-9-14-22(18(2)15-17)23-16-32-25(26-23)27-24(29)19-10-12-21(13-11-19)33(30,31)28(3)20-7-5-4-6-8-20/h4-16H,1-3H3,(H,26,27,29). The number of sulfonamides is 1. The van der Waals surface area contributed by atoms with E-state index < -0.39 is 10.0 Å².